The van der Waals surface area contributed by atoms with Crippen LogP contribution in [-0.4, -0.2) is 25.3 Å². The second-order valence-corrected chi connectivity index (χ2v) is 7.92. The number of hydrogen-bond donors (Lipinski definition) is 1. The molecular weight excluding hydrogens is 342 g/mol. The number of nitrogens with zero attached hydrogens (tertiary/aromatic N) is 4. The highest BCUT2D eigenvalue weighted by atomic mass is 32.2. The van der Waals surface area contributed by atoms with Crippen LogP contribution in [0.4, 0.5) is 0 Å². The second-order valence-electron chi connectivity index (χ2n) is 6.03. The van der Waals surface area contributed by atoms with Crippen molar-refractivity contribution in [3.05, 3.63) is 29.2 Å². The van der Waals surface area contributed by atoms with E-state index in [1.165, 1.54) is 43.9 Å². The van der Waals surface area contributed by atoms with Gasteiger partial charge in [0.15, 0.2) is 0 Å². The van der Waals surface area contributed by atoms with E-state index >= 15 is 0 Å². The first-order valence-electron chi connectivity index (χ1n) is 8.27. The Bertz CT molecular complexity index is 761. The van der Waals surface area contributed by atoms with Crippen LogP contribution >= 0.6 is 23.1 Å². The molecule has 0 saturated heterocycles. The molecule has 3 aromatic rings. The predicted octanol–water partition coefficient (Wildman–Crippen LogP) is 4.33. The van der Waals surface area contributed by atoms with Gasteiger partial charge in [0.05, 0.1) is 10.6 Å². The molecule has 1 fully saturated rings. The van der Waals surface area contributed by atoms with Gasteiger partial charge in [-0.1, -0.05) is 48.7 Å². The van der Waals surface area contributed by atoms with Crippen LogP contribution in [0.5, 0.6) is 0 Å². The number of rotatable bonds is 7. The molecule has 0 spiro atoms. The van der Waals surface area contributed by atoms with Crippen molar-refractivity contribution in [1.82, 2.24) is 25.3 Å². The molecule has 3 heterocycles. The van der Waals surface area contributed by atoms with Gasteiger partial charge in [0.2, 0.25) is 16.9 Å². The minimum absolute atomic E-state index is 0.582. The first kappa shape index (κ1) is 15.8. The third kappa shape index (κ3) is 3.87. The van der Waals surface area contributed by atoms with Crippen molar-refractivity contribution in [2.45, 2.75) is 49.4 Å². The van der Waals surface area contributed by atoms with Crippen molar-refractivity contribution in [3.8, 4) is 10.7 Å². The number of aromatic nitrogens is 5. The molecule has 1 aliphatic rings. The van der Waals surface area contributed by atoms with Gasteiger partial charge in [0.1, 0.15) is 5.82 Å². The first-order valence-corrected chi connectivity index (χ1v) is 10.1. The van der Waals surface area contributed by atoms with Crippen LogP contribution in [-0.2, 0) is 12.2 Å². The smallest absolute Gasteiger partial charge is 0.237 e. The van der Waals surface area contributed by atoms with Crippen molar-refractivity contribution in [2.75, 3.05) is 0 Å². The van der Waals surface area contributed by atoms with Crippen LogP contribution in [0.1, 0.15) is 43.8 Å². The molecule has 4 rings (SSSR count). The lowest BCUT2D eigenvalue weighted by Gasteiger charge is -2.05. The van der Waals surface area contributed by atoms with E-state index in [4.69, 9.17) is 4.52 Å². The van der Waals surface area contributed by atoms with Gasteiger partial charge < -0.3 is 4.52 Å². The van der Waals surface area contributed by atoms with Gasteiger partial charge in [0.25, 0.3) is 0 Å². The predicted molar refractivity (Wildman–Crippen MR) is 93.8 cm³/mol. The van der Waals surface area contributed by atoms with E-state index in [2.05, 4.69) is 25.3 Å². The second kappa shape index (κ2) is 7.48. The molecule has 0 radical (unpaired) electrons. The average Bonchev–Trinajstić information content (AvgIpc) is 3.40. The van der Waals surface area contributed by atoms with Crippen LogP contribution in [0.25, 0.3) is 10.7 Å². The number of nitrogens with one attached hydrogen (secondary N) is 1. The molecular formula is C16H19N5OS2. The normalized spacial score (nSPS) is 15.3. The Labute approximate surface area is 148 Å². The summed E-state index contributed by atoms with van der Waals surface area (Å²) in [6, 6.07) is 3.96. The van der Waals surface area contributed by atoms with Gasteiger partial charge in [0, 0.05) is 6.42 Å². The molecule has 0 unspecified atom stereocenters. The van der Waals surface area contributed by atoms with Gasteiger partial charge in [-0.3, -0.25) is 5.10 Å². The fourth-order valence-corrected chi connectivity index (χ4v) is 4.34. The molecule has 1 saturated carbocycles. The molecule has 0 atom stereocenters. The Morgan fingerprint density at radius 2 is 2.21 bits per heavy atom. The third-order valence-corrected chi connectivity index (χ3v) is 6.01. The molecule has 8 heteroatoms. The van der Waals surface area contributed by atoms with E-state index in [1.54, 1.807) is 11.3 Å². The first-order chi connectivity index (χ1) is 11.9. The molecule has 1 aliphatic carbocycles. The number of H-pyrrole nitrogens is 1. The molecule has 0 aliphatic heterocycles. The topological polar surface area (TPSA) is 80.5 Å². The van der Waals surface area contributed by atoms with Crippen LogP contribution in [0, 0.1) is 5.92 Å². The lowest BCUT2D eigenvalue weighted by Crippen LogP contribution is -1.97. The SMILES string of the molecule is c1csc(-c2noc(CSc3n[nH]c(CCC4CCCC4)n3)n2)c1. The highest BCUT2D eigenvalue weighted by Gasteiger charge is 2.16. The van der Waals surface area contributed by atoms with Gasteiger partial charge in [-0.25, -0.2) is 4.98 Å². The molecule has 3 aromatic heterocycles. The largest absolute Gasteiger partial charge is 0.338 e. The summed E-state index contributed by atoms with van der Waals surface area (Å²) in [6.07, 6.45) is 7.73. The Hall–Kier alpha value is -1.67. The number of thiophene rings is 1. The number of hydrogen-bond acceptors (Lipinski definition) is 7. The van der Waals surface area contributed by atoms with Gasteiger partial charge >= 0.3 is 0 Å². The van der Waals surface area contributed by atoms with E-state index < -0.39 is 0 Å². The number of thioether (sulfide) groups is 1. The van der Waals surface area contributed by atoms with Gasteiger partial charge in [-0.15, -0.1) is 16.4 Å². The van der Waals surface area contributed by atoms with Crippen LogP contribution < -0.4 is 0 Å². The minimum Gasteiger partial charge on any atom is -0.338 e. The highest BCUT2D eigenvalue weighted by Crippen LogP contribution is 2.28. The van der Waals surface area contributed by atoms with Crippen LogP contribution in [0.3, 0.4) is 0 Å². The third-order valence-electron chi connectivity index (χ3n) is 4.31. The van der Waals surface area contributed by atoms with Crippen molar-refractivity contribution < 1.29 is 4.52 Å². The summed E-state index contributed by atoms with van der Waals surface area (Å²) >= 11 is 3.12. The quantitative estimate of drug-likeness (QED) is 0.631. The standard InChI is InChI=1S/C16H19N5OS2/c1-2-5-11(4-1)7-8-13-17-16(20-19-13)24-10-14-18-15(21-22-14)12-6-3-9-23-12/h3,6,9,11H,1-2,4-5,7-8,10H2,(H,17,19,20). The minimum atomic E-state index is 0.582. The molecule has 0 aromatic carbocycles. The summed E-state index contributed by atoms with van der Waals surface area (Å²) in [5.41, 5.74) is 0. The lowest BCUT2D eigenvalue weighted by atomic mass is 10.0. The monoisotopic (exact) mass is 361 g/mol. The summed E-state index contributed by atoms with van der Waals surface area (Å²) in [4.78, 5) is 9.98. The van der Waals surface area contributed by atoms with Gasteiger partial charge in [-0.2, -0.15) is 4.98 Å². The Kier molecular flexibility index (Phi) is 4.94. The summed E-state index contributed by atoms with van der Waals surface area (Å²) in [7, 11) is 0. The van der Waals surface area contributed by atoms with Crippen molar-refractivity contribution in [3.63, 3.8) is 0 Å². The fourth-order valence-electron chi connectivity index (χ4n) is 3.04. The maximum atomic E-state index is 5.29. The Balaban J connectivity index is 1.28. The number of aromatic amines is 1. The van der Waals surface area contributed by atoms with E-state index in [0.717, 1.165) is 28.2 Å². The molecule has 1 N–H and O–H groups in total. The van der Waals surface area contributed by atoms with E-state index in [-0.39, 0.29) is 0 Å². The van der Waals surface area contributed by atoms with Crippen molar-refractivity contribution in [1.29, 1.82) is 0 Å². The van der Waals surface area contributed by atoms with Crippen LogP contribution in [0.2, 0.25) is 0 Å². The Morgan fingerprint density at radius 3 is 3.04 bits per heavy atom. The molecule has 6 nitrogen and oxygen atoms in total. The van der Waals surface area contributed by atoms with Crippen LogP contribution in [0.15, 0.2) is 27.2 Å². The summed E-state index contributed by atoms with van der Waals surface area (Å²) < 4.78 is 5.29. The zero-order valence-corrected chi connectivity index (χ0v) is 14.9. The maximum absolute atomic E-state index is 5.29. The van der Waals surface area contributed by atoms with Gasteiger partial charge in [-0.05, 0) is 23.8 Å². The molecule has 0 bridgehead atoms. The number of aryl methyl sites for hydroxylation is 1. The molecule has 0 amide bonds. The van der Waals surface area contributed by atoms with Crippen molar-refractivity contribution in [2.24, 2.45) is 5.92 Å². The molecule has 24 heavy (non-hydrogen) atoms. The zero-order valence-electron chi connectivity index (χ0n) is 13.3. The summed E-state index contributed by atoms with van der Waals surface area (Å²) in [5.74, 6) is 3.68. The average molecular weight is 361 g/mol. The molecule has 126 valence electrons. The van der Waals surface area contributed by atoms with E-state index in [0.29, 0.717) is 17.5 Å². The summed E-state index contributed by atoms with van der Waals surface area (Å²) in [6.45, 7) is 0. The zero-order chi connectivity index (χ0) is 16.2. The summed E-state index contributed by atoms with van der Waals surface area (Å²) in [5, 5.41) is 14.1. The maximum Gasteiger partial charge on any atom is 0.237 e. The Morgan fingerprint density at radius 1 is 1.29 bits per heavy atom. The van der Waals surface area contributed by atoms with Crippen molar-refractivity contribution >= 4 is 23.1 Å². The lowest BCUT2D eigenvalue weighted by molar-refractivity contribution is 0.391. The highest BCUT2D eigenvalue weighted by molar-refractivity contribution is 7.98. The van der Waals surface area contributed by atoms with E-state index in [9.17, 15) is 0 Å². The fraction of sp³-hybridized carbons (Fsp3) is 0.500. The van der Waals surface area contributed by atoms with E-state index in [1.807, 2.05) is 17.5 Å².